The summed E-state index contributed by atoms with van der Waals surface area (Å²) in [5.74, 6) is 0. The molecule has 3 N–H and O–H groups in total. The minimum atomic E-state index is -4.16. The molecular formula is C5H11BNO4P. The van der Waals surface area contributed by atoms with E-state index in [1.807, 2.05) is 0 Å². The lowest BCUT2D eigenvalue weighted by molar-refractivity contribution is 0.0933. The number of rotatable bonds is 2. The van der Waals surface area contributed by atoms with Crippen molar-refractivity contribution in [3.63, 3.8) is 0 Å². The van der Waals surface area contributed by atoms with Crippen molar-refractivity contribution in [2.24, 2.45) is 0 Å². The van der Waals surface area contributed by atoms with Crippen molar-refractivity contribution in [3.05, 3.63) is 0 Å². The Hall–Kier alpha value is 0.135. The maximum Gasteiger partial charge on any atom is 0.400 e. The molecule has 12 heavy (non-hydrogen) atoms. The Bertz CT molecular complexity index is 208. The fourth-order valence-corrected chi connectivity index (χ4v) is 1.99. The van der Waals surface area contributed by atoms with Crippen LogP contribution in [-0.4, -0.2) is 35.8 Å². The first-order chi connectivity index (χ1) is 5.38. The van der Waals surface area contributed by atoms with Crippen molar-refractivity contribution in [2.45, 2.75) is 31.5 Å². The zero-order chi connectivity index (χ0) is 9.35. The molecule has 0 saturated carbocycles. The Labute approximate surface area is 72.1 Å². The minimum absolute atomic E-state index is 0.257. The van der Waals surface area contributed by atoms with Crippen molar-refractivity contribution in [3.8, 4) is 0 Å². The molecular weight excluding hydrogens is 180 g/mol. The van der Waals surface area contributed by atoms with E-state index >= 15 is 0 Å². The second-order valence-electron chi connectivity index (χ2n) is 2.89. The Morgan fingerprint density at radius 3 is 2.58 bits per heavy atom. The van der Waals surface area contributed by atoms with Gasteiger partial charge in [-0.25, -0.2) is 9.65 Å². The molecule has 1 unspecified atom stereocenters. The smallest absolute Gasteiger partial charge is 0.383 e. The second kappa shape index (κ2) is 3.48. The van der Waals surface area contributed by atoms with Crippen LogP contribution in [0.2, 0.25) is 0 Å². The van der Waals surface area contributed by atoms with Gasteiger partial charge < -0.3 is 14.5 Å². The van der Waals surface area contributed by atoms with Crippen LogP contribution in [0.25, 0.3) is 0 Å². The molecule has 1 fully saturated rings. The van der Waals surface area contributed by atoms with Crippen LogP contribution in [0.5, 0.6) is 0 Å². The van der Waals surface area contributed by atoms with Crippen LogP contribution in [0, 0.1) is 0 Å². The highest BCUT2D eigenvalue weighted by Gasteiger charge is 2.32. The number of ether oxygens (including phenoxy) is 1. The van der Waals surface area contributed by atoms with Crippen molar-refractivity contribution in [1.82, 2.24) is 5.09 Å². The third-order valence-electron chi connectivity index (χ3n) is 1.78. The molecule has 0 spiro atoms. The molecule has 1 heterocycles. The van der Waals surface area contributed by atoms with Crippen molar-refractivity contribution in [1.29, 1.82) is 0 Å². The molecule has 1 aliphatic heterocycles. The summed E-state index contributed by atoms with van der Waals surface area (Å²) in [6.07, 6.45) is 0.166. The molecule has 0 amide bonds. The van der Waals surface area contributed by atoms with Crippen LogP contribution < -0.4 is 5.09 Å². The van der Waals surface area contributed by atoms with Crippen LogP contribution in [0.3, 0.4) is 0 Å². The molecule has 0 aliphatic carbocycles. The van der Waals surface area contributed by atoms with Crippen LogP contribution in [0.15, 0.2) is 0 Å². The van der Waals surface area contributed by atoms with Gasteiger partial charge in [0.2, 0.25) is 0 Å². The maximum atomic E-state index is 10.5. The van der Waals surface area contributed by atoms with Gasteiger partial charge in [-0.2, -0.15) is 0 Å². The van der Waals surface area contributed by atoms with Crippen molar-refractivity contribution in [2.75, 3.05) is 0 Å². The van der Waals surface area contributed by atoms with Gasteiger partial charge in [0.25, 0.3) is 0 Å². The summed E-state index contributed by atoms with van der Waals surface area (Å²) in [6.45, 7) is 1.72. The van der Waals surface area contributed by atoms with Crippen LogP contribution >= 0.6 is 7.75 Å². The monoisotopic (exact) mass is 191 g/mol. The summed E-state index contributed by atoms with van der Waals surface area (Å²) in [7, 11) is 1.25. The molecule has 0 aromatic carbocycles. The zero-order valence-corrected chi connectivity index (χ0v) is 7.57. The third-order valence-corrected chi connectivity index (χ3v) is 2.44. The minimum Gasteiger partial charge on any atom is -0.383 e. The number of hydrogen-bond acceptors (Lipinski definition) is 2. The van der Waals surface area contributed by atoms with Crippen LogP contribution in [0.1, 0.15) is 13.3 Å². The fraction of sp³-hybridized carbons (Fsp3) is 1.00. The van der Waals surface area contributed by atoms with Gasteiger partial charge in [0.15, 0.2) is 0 Å². The van der Waals surface area contributed by atoms with Gasteiger partial charge in [-0.15, -0.1) is 0 Å². The highest BCUT2D eigenvalue weighted by atomic mass is 31.2. The molecule has 3 atom stereocenters. The molecule has 1 rings (SSSR count). The second-order valence-corrected chi connectivity index (χ2v) is 4.24. The predicted octanol–water partition coefficient (Wildman–Crippen LogP) is -0.659. The molecule has 0 bridgehead atoms. The van der Waals surface area contributed by atoms with E-state index in [1.54, 1.807) is 6.92 Å². The summed E-state index contributed by atoms with van der Waals surface area (Å²) in [5.41, 5.74) is 0. The Kier molecular flexibility index (Phi) is 2.96. The Morgan fingerprint density at radius 1 is 1.67 bits per heavy atom. The molecule has 0 aromatic rings. The largest absolute Gasteiger partial charge is 0.400 e. The molecule has 1 saturated heterocycles. The predicted molar refractivity (Wildman–Crippen MR) is 43.7 cm³/mol. The first-order valence-electron chi connectivity index (χ1n) is 3.63. The quantitative estimate of drug-likeness (QED) is 0.398. The van der Waals surface area contributed by atoms with Gasteiger partial charge in [0.05, 0.1) is 6.10 Å². The normalized spacial score (nSPS) is 37.1. The first-order valence-corrected chi connectivity index (χ1v) is 5.24. The van der Waals surface area contributed by atoms with Gasteiger partial charge in [-0.05, 0) is 13.3 Å². The van der Waals surface area contributed by atoms with Gasteiger partial charge in [0.1, 0.15) is 7.85 Å². The molecule has 68 valence electrons. The van der Waals surface area contributed by atoms with Crippen LogP contribution in [0.4, 0.5) is 0 Å². The highest BCUT2D eigenvalue weighted by Crippen LogP contribution is 2.33. The Balaban J connectivity index is 2.49. The lowest BCUT2D eigenvalue weighted by Crippen LogP contribution is -2.32. The van der Waals surface area contributed by atoms with E-state index in [9.17, 15) is 4.57 Å². The average molecular weight is 191 g/mol. The van der Waals surface area contributed by atoms with Crippen LogP contribution in [-0.2, 0) is 9.30 Å². The maximum absolute atomic E-state index is 10.5. The molecule has 1 aliphatic rings. The van der Waals surface area contributed by atoms with E-state index in [4.69, 9.17) is 22.4 Å². The van der Waals surface area contributed by atoms with E-state index in [0.29, 0.717) is 6.42 Å². The average Bonchev–Trinajstić information content (AvgIpc) is 2.06. The van der Waals surface area contributed by atoms with Gasteiger partial charge in [-0.1, -0.05) is 0 Å². The van der Waals surface area contributed by atoms with E-state index in [2.05, 4.69) is 5.09 Å². The van der Waals surface area contributed by atoms with Gasteiger partial charge in [-0.3, -0.25) is 0 Å². The molecule has 5 nitrogen and oxygen atoms in total. The van der Waals surface area contributed by atoms with E-state index in [-0.39, 0.29) is 12.1 Å². The lowest BCUT2D eigenvalue weighted by atomic mass is 9.95. The molecule has 2 radical (unpaired) electrons. The fourth-order valence-electron chi connectivity index (χ4n) is 1.24. The summed E-state index contributed by atoms with van der Waals surface area (Å²) < 4.78 is 15.6. The highest BCUT2D eigenvalue weighted by molar-refractivity contribution is 7.49. The van der Waals surface area contributed by atoms with Gasteiger partial charge >= 0.3 is 7.75 Å². The summed E-state index contributed by atoms with van der Waals surface area (Å²) in [6, 6.07) is -0.787. The van der Waals surface area contributed by atoms with Crippen molar-refractivity contribution < 1.29 is 19.1 Å². The lowest BCUT2D eigenvalue weighted by Gasteiger charge is -2.16. The SMILES string of the molecule is [B][C@H]1C[C@@H](NP(=O)(O)O)C(C)O1. The van der Waals surface area contributed by atoms with Crippen molar-refractivity contribution >= 4 is 15.6 Å². The van der Waals surface area contributed by atoms with E-state index < -0.39 is 13.7 Å². The molecule has 7 heteroatoms. The zero-order valence-electron chi connectivity index (χ0n) is 6.67. The van der Waals surface area contributed by atoms with E-state index in [1.165, 1.54) is 0 Å². The third kappa shape index (κ3) is 2.88. The van der Waals surface area contributed by atoms with E-state index in [0.717, 1.165) is 0 Å². The summed E-state index contributed by atoms with van der Waals surface area (Å²) >= 11 is 0. The molecule has 0 aromatic heterocycles. The topological polar surface area (TPSA) is 78.8 Å². The van der Waals surface area contributed by atoms with Gasteiger partial charge in [0, 0.05) is 12.0 Å². The first kappa shape index (κ1) is 10.2. The standard InChI is InChI=1S/C5H11BNO4P/c1-3-4(2-5(6)11-3)7-12(8,9)10/h3-5H,2H2,1H3,(H3,7,8,9,10)/t3?,4-,5-/m1/s1. The summed E-state index contributed by atoms with van der Waals surface area (Å²) in [5, 5.41) is 2.16. The number of hydrogen-bond donors (Lipinski definition) is 3. The summed E-state index contributed by atoms with van der Waals surface area (Å²) in [4.78, 5) is 17.2. The number of nitrogens with one attached hydrogen (secondary N) is 1. The Morgan fingerprint density at radius 2 is 2.25 bits per heavy atom.